The molecule has 0 fully saturated rings. The zero-order valence-electron chi connectivity index (χ0n) is 37.5. The third-order valence-electron chi connectivity index (χ3n) is 13.6. The highest BCUT2D eigenvalue weighted by atomic mass is 15.1. The van der Waals surface area contributed by atoms with Crippen LogP contribution < -0.4 is 9.80 Å². The summed E-state index contributed by atoms with van der Waals surface area (Å²) in [6.45, 7) is 4.64. The van der Waals surface area contributed by atoms with Gasteiger partial charge in [-0.15, -0.1) is 0 Å². The fourth-order valence-corrected chi connectivity index (χ4v) is 10.2. The molecule has 0 aliphatic carbocycles. The smallest absolute Gasteiger partial charge is 0.0541 e. The molecular formula is C63H48N4. The van der Waals surface area contributed by atoms with Crippen LogP contribution in [0.4, 0.5) is 34.1 Å². The predicted molar refractivity (Wildman–Crippen MR) is 283 cm³/mol. The fraction of sp³-hybridized carbons (Fsp3) is 0.0476. The Balaban J connectivity index is 0.842. The quantitative estimate of drug-likeness (QED) is 0.136. The van der Waals surface area contributed by atoms with Gasteiger partial charge in [0.1, 0.15) is 0 Å². The van der Waals surface area contributed by atoms with E-state index in [1.54, 1.807) is 0 Å². The van der Waals surface area contributed by atoms with E-state index in [1.165, 1.54) is 54.7 Å². The van der Waals surface area contributed by atoms with E-state index in [2.05, 4.69) is 288 Å². The van der Waals surface area contributed by atoms with Crippen LogP contribution in [0.3, 0.4) is 0 Å². The first-order valence-electron chi connectivity index (χ1n) is 23.1. The Kier molecular flexibility index (Phi) is 9.80. The summed E-state index contributed by atoms with van der Waals surface area (Å²) < 4.78 is 4.74. The average molecular weight is 861 g/mol. The van der Waals surface area contributed by atoms with Gasteiger partial charge < -0.3 is 18.9 Å². The van der Waals surface area contributed by atoms with Crippen LogP contribution >= 0.6 is 0 Å². The average Bonchev–Trinajstić information content (AvgIpc) is 3.91. The lowest BCUT2D eigenvalue weighted by Crippen LogP contribution is -2.19. The third kappa shape index (κ3) is 6.93. The zero-order valence-corrected chi connectivity index (χ0v) is 37.5. The molecule has 4 nitrogen and oxygen atoms in total. The molecule has 4 heteroatoms. The van der Waals surface area contributed by atoms with Crippen LogP contribution in [0.25, 0.3) is 55.0 Å². The van der Waals surface area contributed by atoms with Gasteiger partial charge in [0.2, 0.25) is 0 Å². The maximum absolute atomic E-state index is 2.37. The van der Waals surface area contributed by atoms with Crippen molar-refractivity contribution in [3.05, 3.63) is 266 Å². The van der Waals surface area contributed by atoms with Crippen LogP contribution in [0.15, 0.2) is 255 Å². The van der Waals surface area contributed by atoms with Gasteiger partial charge in [-0.3, -0.25) is 0 Å². The van der Waals surface area contributed by atoms with Crippen LogP contribution in [-0.4, -0.2) is 9.13 Å². The normalized spacial score (nSPS) is 11.7. The molecule has 0 amide bonds. The minimum atomic E-state index is -0.250. The van der Waals surface area contributed by atoms with Crippen LogP contribution in [0, 0.1) is 0 Å². The molecule has 67 heavy (non-hydrogen) atoms. The second-order valence-corrected chi connectivity index (χ2v) is 17.8. The van der Waals surface area contributed by atoms with Crippen molar-refractivity contribution in [1.29, 1.82) is 0 Å². The van der Waals surface area contributed by atoms with Gasteiger partial charge in [-0.05, 0) is 132 Å². The summed E-state index contributed by atoms with van der Waals surface area (Å²) in [5, 5.41) is 5.05. The lowest BCUT2D eigenvalue weighted by atomic mass is 9.78. The summed E-state index contributed by atoms with van der Waals surface area (Å²) in [5.74, 6) is 0. The number of benzene rings is 10. The van der Waals surface area contributed by atoms with Gasteiger partial charge in [0.25, 0.3) is 0 Å². The maximum Gasteiger partial charge on any atom is 0.0541 e. The molecule has 0 spiro atoms. The molecule has 0 N–H and O–H groups in total. The molecule has 2 heterocycles. The van der Waals surface area contributed by atoms with Crippen molar-refractivity contribution in [1.82, 2.24) is 9.13 Å². The highest BCUT2D eigenvalue weighted by Crippen LogP contribution is 2.41. The fourth-order valence-electron chi connectivity index (χ4n) is 10.2. The van der Waals surface area contributed by atoms with Crippen LogP contribution in [0.1, 0.15) is 25.0 Å². The first-order chi connectivity index (χ1) is 33.0. The predicted octanol–water partition coefficient (Wildman–Crippen LogP) is 17.1. The topological polar surface area (TPSA) is 16.3 Å². The number of hydrogen-bond acceptors (Lipinski definition) is 2. The SMILES string of the molecule is CC(C)(c1ccc(N(c2ccccc2)c2ccc(-n3c4ccccc4c4ccccc43)cc2)cc1)c1ccc(N(c2ccccc2)c2ccc(-n3c4ccccc4c4ccccc43)cc2)cc1. The van der Waals surface area contributed by atoms with E-state index in [0.717, 1.165) is 45.5 Å². The Bertz CT molecular complexity index is 3330. The highest BCUT2D eigenvalue weighted by Gasteiger charge is 2.25. The zero-order chi connectivity index (χ0) is 44.9. The van der Waals surface area contributed by atoms with Crippen molar-refractivity contribution in [2.45, 2.75) is 19.3 Å². The van der Waals surface area contributed by atoms with E-state index in [-0.39, 0.29) is 5.41 Å². The monoisotopic (exact) mass is 860 g/mol. The van der Waals surface area contributed by atoms with E-state index in [1.807, 2.05) is 0 Å². The van der Waals surface area contributed by atoms with Crippen molar-refractivity contribution in [2.24, 2.45) is 0 Å². The van der Waals surface area contributed by atoms with Gasteiger partial charge >= 0.3 is 0 Å². The summed E-state index contributed by atoms with van der Waals surface area (Å²) in [6.07, 6.45) is 0. The molecule has 0 aliphatic rings. The van der Waals surface area contributed by atoms with Crippen LogP contribution in [0.5, 0.6) is 0 Å². The highest BCUT2D eigenvalue weighted by molar-refractivity contribution is 6.10. The summed E-state index contributed by atoms with van der Waals surface area (Å²) in [6, 6.07) is 92.1. The largest absolute Gasteiger partial charge is 0.311 e. The van der Waals surface area contributed by atoms with Crippen LogP contribution in [0.2, 0.25) is 0 Å². The van der Waals surface area contributed by atoms with Crippen molar-refractivity contribution in [3.63, 3.8) is 0 Å². The molecule has 12 aromatic rings. The molecule has 0 atom stereocenters. The number of hydrogen-bond donors (Lipinski definition) is 0. The van der Waals surface area contributed by atoms with E-state index in [9.17, 15) is 0 Å². The maximum atomic E-state index is 2.37. The Morgan fingerprint density at radius 3 is 0.791 bits per heavy atom. The van der Waals surface area contributed by atoms with Crippen molar-refractivity contribution >= 4 is 77.7 Å². The third-order valence-corrected chi connectivity index (χ3v) is 13.6. The molecule has 2 aromatic heterocycles. The Labute approximate surface area is 391 Å². The Morgan fingerprint density at radius 1 is 0.254 bits per heavy atom. The Hall–Kier alpha value is -8.60. The number of anilines is 6. The van der Waals surface area contributed by atoms with Gasteiger partial charge in [-0.25, -0.2) is 0 Å². The summed E-state index contributed by atoms with van der Waals surface area (Å²) in [4.78, 5) is 4.68. The van der Waals surface area contributed by atoms with E-state index in [0.29, 0.717) is 0 Å². The summed E-state index contributed by atoms with van der Waals surface area (Å²) >= 11 is 0. The van der Waals surface area contributed by atoms with Gasteiger partial charge in [-0.1, -0.05) is 147 Å². The molecule has 0 saturated heterocycles. The number of para-hydroxylation sites is 6. The van der Waals surface area contributed by atoms with Crippen LogP contribution in [-0.2, 0) is 5.41 Å². The van der Waals surface area contributed by atoms with E-state index < -0.39 is 0 Å². The molecule has 0 unspecified atom stereocenters. The van der Waals surface area contributed by atoms with Crippen molar-refractivity contribution in [2.75, 3.05) is 9.80 Å². The number of rotatable bonds is 10. The van der Waals surface area contributed by atoms with E-state index in [4.69, 9.17) is 0 Å². The number of fused-ring (bicyclic) bond motifs is 6. The summed E-state index contributed by atoms with van der Waals surface area (Å²) in [7, 11) is 0. The molecular weight excluding hydrogens is 813 g/mol. The van der Waals surface area contributed by atoms with Crippen molar-refractivity contribution in [3.8, 4) is 11.4 Å². The minimum Gasteiger partial charge on any atom is -0.311 e. The first kappa shape index (κ1) is 40.0. The first-order valence-corrected chi connectivity index (χ1v) is 23.1. The second kappa shape index (κ2) is 16.4. The van der Waals surface area contributed by atoms with E-state index >= 15 is 0 Å². The van der Waals surface area contributed by atoms with Crippen molar-refractivity contribution < 1.29 is 0 Å². The lowest BCUT2D eigenvalue weighted by Gasteiger charge is -2.30. The second-order valence-electron chi connectivity index (χ2n) is 17.8. The Morgan fingerprint density at radius 2 is 0.493 bits per heavy atom. The standard InChI is InChI=1S/C63H48N4/c1-63(2,45-29-33-49(34-30-45)64(47-17-5-3-6-18-47)51-37-41-53(42-38-51)66-59-25-13-9-21-55(59)56-22-10-14-26-60(56)66)46-31-35-50(36-32-46)65(48-19-7-4-8-20-48)52-39-43-54(44-40-52)67-61-27-15-11-23-57(61)58-24-12-16-28-62(58)67/h3-44H,1-2H3. The van der Waals surface area contributed by atoms with Gasteiger partial charge in [-0.2, -0.15) is 0 Å². The van der Waals surface area contributed by atoms with Gasteiger partial charge in [0.05, 0.1) is 22.1 Å². The molecule has 0 radical (unpaired) electrons. The molecule has 0 bridgehead atoms. The minimum absolute atomic E-state index is 0.250. The van der Waals surface area contributed by atoms with Gasteiger partial charge in [0.15, 0.2) is 0 Å². The number of nitrogens with zero attached hydrogens (tertiary/aromatic N) is 4. The molecule has 10 aromatic carbocycles. The number of aromatic nitrogens is 2. The lowest BCUT2D eigenvalue weighted by molar-refractivity contribution is 0.641. The van der Waals surface area contributed by atoms with Gasteiger partial charge in [0, 0.05) is 72.5 Å². The summed E-state index contributed by atoms with van der Waals surface area (Å²) in [5.41, 5.74) is 16.0. The molecule has 12 rings (SSSR count). The molecule has 0 aliphatic heterocycles. The molecule has 320 valence electrons. The molecule has 0 saturated carbocycles.